The number of ether oxygens (including phenoxy) is 1. The van der Waals surface area contributed by atoms with E-state index in [2.05, 4.69) is 5.32 Å². The number of hydrogen-bond donors (Lipinski definition) is 1. The second kappa shape index (κ2) is 8.90. The molecule has 2 rings (SSSR count). The fourth-order valence-corrected chi connectivity index (χ4v) is 3.90. The van der Waals surface area contributed by atoms with E-state index in [4.69, 9.17) is 4.74 Å². The Kier molecular flexibility index (Phi) is 7.25. The molecule has 0 saturated carbocycles. The van der Waals surface area contributed by atoms with Gasteiger partial charge in [0.05, 0.1) is 18.2 Å². The van der Waals surface area contributed by atoms with Crippen molar-refractivity contribution in [2.24, 2.45) is 5.92 Å². The molecule has 28 heavy (non-hydrogen) atoms. The van der Waals surface area contributed by atoms with E-state index < -0.39 is 29.5 Å². The number of halogens is 6. The quantitative estimate of drug-likeness (QED) is 0.657. The summed E-state index contributed by atoms with van der Waals surface area (Å²) in [5.41, 5.74) is -2.83. The molecule has 1 aromatic rings. The third kappa shape index (κ3) is 5.11. The first-order valence-electron chi connectivity index (χ1n) is 9.31. The Bertz CT molecular complexity index is 653. The van der Waals surface area contributed by atoms with E-state index in [0.29, 0.717) is 38.7 Å². The van der Waals surface area contributed by atoms with Crippen molar-refractivity contribution in [3.63, 3.8) is 0 Å². The van der Waals surface area contributed by atoms with Crippen LogP contribution in [0.25, 0.3) is 0 Å². The molecule has 160 valence electrons. The highest BCUT2D eigenvalue weighted by molar-refractivity contribution is 5.48. The number of nitrogens with zero attached hydrogens (tertiary/aromatic N) is 1. The van der Waals surface area contributed by atoms with Gasteiger partial charge in [-0.25, -0.2) is 0 Å². The molecule has 1 aromatic carbocycles. The number of rotatable bonds is 6. The van der Waals surface area contributed by atoms with Gasteiger partial charge in [0.25, 0.3) is 0 Å². The molecule has 1 aliphatic heterocycles. The van der Waals surface area contributed by atoms with Gasteiger partial charge in [-0.2, -0.15) is 26.3 Å². The van der Waals surface area contributed by atoms with Gasteiger partial charge in [-0.15, -0.1) is 0 Å². The van der Waals surface area contributed by atoms with E-state index in [9.17, 15) is 26.3 Å². The monoisotopic (exact) mass is 412 g/mol. The van der Waals surface area contributed by atoms with Gasteiger partial charge in [0.15, 0.2) is 0 Å². The predicted molar refractivity (Wildman–Crippen MR) is 94.3 cm³/mol. The zero-order valence-electron chi connectivity index (χ0n) is 16.2. The third-order valence-electron chi connectivity index (χ3n) is 5.12. The van der Waals surface area contributed by atoms with E-state index in [1.807, 2.05) is 18.7 Å². The molecule has 0 spiro atoms. The van der Waals surface area contributed by atoms with Gasteiger partial charge >= 0.3 is 12.4 Å². The van der Waals surface area contributed by atoms with Gasteiger partial charge in [0.2, 0.25) is 0 Å². The van der Waals surface area contributed by atoms with Crippen LogP contribution in [0.1, 0.15) is 49.4 Å². The largest absolute Gasteiger partial charge is 0.496 e. The van der Waals surface area contributed by atoms with E-state index in [-0.39, 0.29) is 23.3 Å². The molecule has 0 aliphatic carbocycles. The van der Waals surface area contributed by atoms with Crippen molar-refractivity contribution in [2.45, 2.75) is 45.1 Å². The summed E-state index contributed by atoms with van der Waals surface area (Å²) in [5.74, 6) is -0.552. The fraction of sp³-hybridized carbons (Fsp3) is 0.684. The summed E-state index contributed by atoms with van der Waals surface area (Å²) in [5, 5.41) is 3.15. The minimum Gasteiger partial charge on any atom is -0.496 e. The molecule has 1 fully saturated rings. The molecular weight excluding hydrogens is 386 g/mol. The lowest BCUT2D eigenvalue weighted by Gasteiger charge is -2.40. The molecule has 2 atom stereocenters. The average Bonchev–Trinajstić information content (AvgIpc) is 2.61. The summed E-state index contributed by atoms with van der Waals surface area (Å²) in [6.45, 7) is 6.02. The van der Waals surface area contributed by atoms with E-state index in [1.54, 1.807) is 0 Å². The maximum absolute atomic E-state index is 13.9. The van der Waals surface area contributed by atoms with Crippen LogP contribution < -0.4 is 10.1 Å². The van der Waals surface area contributed by atoms with Crippen LogP contribution in [-0.4, -0.2) is 38.2 Å². The Hall–Kier alpha value is -1.48. The maximum Gasteiger partial charge on any atom is 0.416 e. The van der Waals surface area contributed by atoms with Crippen molar-refractivity contribution >= 4 is 0 Å². The molecule has 1 N–H and O–H groups in total. The number of hydrogen-bond acceptors (Lipinski definition) is 3. The topological polar surface area (TPSA) is 24.5 Å². The molecule has 1 unspecified atom stereocenters. The Balaban J connectivity index is 2.72. The van der Waals surface area contributed by atoms with Crippen molar-refractivity contribution in [3.8, 4) is 5.75 Å². The first kappa shape index (κ1) is 22.8. The Morgan fingerprint density at radius 2 is 1.68 bits per heavy atom. The van der Waals surface area contributed by atoms with E-state index in [0.717, 1.165) is 13.5 Å². The highest BCUT2D eigenvalue weighted by atomic mass is 19.4. The smallest absolute Gasteiger partial charge is 0.416 e. The van der Waals surface area contributed by atoms with Crippen LogP contribution in [0.2, 0.25) is 0 Å². The molecular formula is C19H26F6N2O. The number of nitrogens with one attached hydrogen (secondary N) is 1. The standard InChI is InChI=1S/C19H26F6N2O/c1-4-5-12(2)17(27-8-6-26-7-9-27)16-14(19(23,24)25)10-13(18(20,21)22)11-15(16)28-3/h10-12,17,26H,4-9H2,1-3H3/t12?,17-/m1/s1. The first-order valence-corrected chi connectivity index (χ1v) is 9.31. The van der Waals surface area contributed by atoms with Crippen LogP contribution in [-0.2, 0) is 12.4 Å². The predicted octanol–water partition coefficient (Wildman–Crippen LogP) is 5.12. The fourth-order valence-electron chi connectivity index (χ4n) is 3.90. The second-order valence-corrected chi connectivity index (χ2v) is 7.13. The third-order valence-corrected chi connectivity index (χ3v) is 5.12. The lowest BCUT2D eigenvalue weighted by Crippen LogP contribution is -2.47. The van der Waals surface area contributed by atoms with Crippen molar-refractivity contribution in [3.05, 3.63) is 28.8 Å². The Morgan fingerprint density at radius 1 is 1.07 bits per heavy atom. The summed E-state index contributed by atoms with van der Waals surface area (Å²) < 4.78 is 86.2. The highest BCUT2D eigenvalue weighted by Gasteiger charge is 2.43. The maximum atomic E-state index is 13.9. The van der Waals surface area contributed by atoms with Crippen molar-refractivity contribution in [1.29, 1.82) is 0 Å². The molecule has 1 saturated heterocycles. The normalized spacial score (nSPS) is 18.8. The summed E-state index contributed by atoms with van der Waals surface area (Å²) in [6, 6.07) is 0.209. The van der Waals surface area contributed by atoms with Gasteiger partial charge in [-0.05, 0) is 24.5 Å². The second-order valence-electron chi connectivity index (χ2n) is 7.13. The molecule has 9 heteroatoms. The van der Waals surface area contributed by atoms with Gasteiger partial charge in [0.1, 0.15) is 5.75 Å². The summed E-state index contributed by atoms with van der Waals surface area (Å²) >= 11 is 0. The average molecular weight is 412 g/mol. The molecule has 0 amide bonds. The van der Waals surface area contributed by atoms with Crippen LogP contribution in [0.5, 0.6) is 5.75 Å². The van der Waals surface area contributed by atoms with Crippen LogP contribution in [0.3, 0.4) is 0 Å². The lowest BCUT2D eigenvalue weighted by atomic mass is 9.85. The van der Waals surface area contributed by atoms with E-state index >= 15 is 0 Å². The van der Waals surface area contributed by atoms with Crippen LogP contribution in [0.15, 0.2) is 12.1 Å². The first-order chi connectivity index (χ1) is 13.0. The molecule has 0 radical (unpaired) electrons. The minimum atomic E-state index is -4.93. The van der Waals surface area contributed by atoms with Crippen molar-refractivity contribution < 1.29 is 31.1 Å². The van der Waals surface area contributed by atoms with Crippen molar-refractivity contribution in [1.82, 2.24) is 10.2 Å². The molecule has 1 aliphatic rings. The Labute approximate surface area is 161 Å². The van der Waals surface area contributed by atoms with Crippen LogP contribution in [0, 0.1) is 5.92 Å². The van der Waals surface area contributed by atoms with Gasteiger partial charge in [0, 0.05) is 37.8 Å². The van der Waals surface area contributed by atoms with E-state index in [1.165, 1.54) is 0 Å². The van der Waals surface area contributed by atoms with Crippen LogP contribution in [0.4, 0.5) is 26.3 Å². The van der Waals surface area contributed by atoms with Crippen molar-refractivity contribution in [2.75, 3.05) is 33.3 Å². The number of methoxy groups -OCH3 is 1. The number of alkyl halides is 6. The highest BCUT2D eigenvalue weighted by Crippen LogP contribution is 2.47. The Morgan fingerprint density at radius 3 is 2.14 bits per heavy atom. The molecule has 0 aromatic heterocycles. The van der Waals surface area contributed by atoms with Gasteiger partial charge in [-0.3, -0.25) is 4.90 Å². The molecule has 3 nitrogen and oxygen atoms in total. The van der Waals surface area contributed by atoms with Gasteiger partial charge < -0.3 is 10.1 Å². The number of piperazine rings is 1. The SMILES string of the molecule is CCCC(C)[C@H](c1c(OC)cc(C(F)(F)F)cc1C(F)(F)F)N1CCNCC1. The van der Waals surface area contributed by atoms with Crippen LogP contribution >= 0.6 is 0 Å². The van der Waals surface area contributed by atoms with Gasteiger partial charge in [-0.1, -0.05) is 20.3 Å². The minimum absolute atomic E-state index is 0.185. The summed E-state index contributed by atoms with van der Waals surface area (Å²) in [4.78, 5) is 1.91. The molecule has 1 heterocycles. The summed E-state index contributed by atoms with van der Waals surface area (Å²) in [7, 11) is 1.11. The zero-order valence-corrected chi connectivity index (χ0v) is 16.2. The molecule has 0 bridgehead atoms. The summed E-state index contributed by atoms with van der Waals surface area (Å²) in [6.07, 6.45) is -8.42. The zero-order chi connectivity index (χ0) is 21.1. The lowest BCUT2D eigenvalue weighted by molar-refractivity contribution is -0.144. The number of benzene rings is 1.